The van der Waals surface area contributed by atoms with Gasteiger partial charge in [0.15, 0.2) is 0 Å². The molecule has 3 aliphatic rings. The van der Waals surface area contributed by atoms with Crippen molar-refractivity contribution in [3.63, 3.8) is 0 Å². The summed E-state index contributed by atoms with van der Waals surface area (Å²) >= 11 is 0. The van der Waals surface area contributed by atoms with Gasteiger partial charge < -0.3 is 9.88 Å². The molecule has 9 nitrogen and oxygen atoms in total. The smallest absolute Gasteiger partial charge is 0.369 e. The summed E-state index contributed by atoms with van der Waals surface area (Å²) in [5.41, 5.74) is 3.19. The van der Waals surface area contributed by atoms with Gasteiger partial charge in [0.25, 0.3) is 5.62 Å². The topological polar surface area (TPSA) is 114 Å². The number of hydrogen-bond acceptors (Lipinski definition) is 7. The van der Waals surface area contributed by atoms with Crippen molar-refractivity contribution < 1.29 is 26.0 Å². The normalized spacial score (nSPS) is 13.6. The van der Waals surface area contributed by atoms with Gasteiger partial charge in [0, 0.05) is 42.3 Å². The van der Waals surface area contributed by atoms with Gasteiger partial charge in [-0.1, -0.05) is 12.1 Å². The number of hydrogen-bond donors (Lipinski definition) is 2. The second kappa shape index (κ2) is 11.0. The van der Waals surface area contributed by atoms with E-state index in [9.17, 15) is 26.0 Å². The quantitative estimate of drug-likeness (QED) is 0.231. The Morgan fingerprint density at radius 3 is 2.57 bits per heavy atom. The SMILES string of the molecule is Cc1ccc(N=c2ncc3cc(-c4cc(NS(=O)(=O)Cc5cc(C(F)(F)F)ccn5)ccc4C)c4n(c-3n2)CCN4)cc1F. The van der Waals surface area contributed by atoms with Crippen molar-refractivity contribution in [2.75, 3.05) is 16.6 Å². The van der Waals surface area contributed by atoms with E-state index in [0.717, 1.165) is 40.8 Å². The molecule has 44 heavy (non-hydrogen) atoms. The Labute approximate surface area is 249 Å². The molecule has 0 aliphatic carbocycles. The van der Waals surface area contributed by atoms with Gasteiger partial charge in [-0.05, 0) is 73.0 Å². The summed E-state index contributed by atoms with van der Waals surface area (Å²) in [6.45, 7) is 4.78. The lowest BCUT2D eigenvalue weighted by Gasteiger charge is -2.19. The number of benzene rings is 2. The zero-order chi connectivity index (χ0) is 31.2. The average molecular weight is 624 g/mol. The first-order chi connectivity index (χ1) is 20.9. The Bertz CT molecular complexity index is 2060. The van der Waals surface area contributed by atoms with E-state index in [1.165, 1.54) is 6.07 Å². The Morgan fingerprint density at radius 1 is 1.00 bits per heavy atom. The number of halogens is 4. The highest BCUT2D eigenvalue weighted by Crippen LogP contribution is 2.39. The van der Waals surface area contributed by atoms with Gasteiger partial charge in [-0.15, -0.1) is 0 Å². The van der Waals surface area contributed by atoms with Crippen LogP contribution >= 0.6 is 0 Å². The fourth-order valence-electron chi connectivity index (χ4n) is 5.01. The standard InChI is InChI=1S/C30H25F4N7O2S/c1-17-3-6-22(40-44(42,43)16-23-12-20(7-8-35-23)30(32,33)34)13-24(17)25-11-19-15-37-29(38-21-5-4-18(2)26(31)14-21)39-27(19)41-10-9-36-28(25)41/h3-8,11-15,36,40H,9-10,16H2,1-2H3. The molecule has 0 atom stereocenters. The van der Waals surface area contributed by atoms with Crippen molar-refractivity contribution in [1.29, 1.82) is 0 Å². The molecule has 3 aromatic rings. The minimum atomic E-state index is -4.62. The van der Waals surface area contributed by atoms with E-state index in [0.29, 0.717) is 35.7 Å². The Balaban J connectivity index is 1.34. The minimum Gasteiger partial charge on any atom is -0.369 e. The third-order valence-corrected chi connectivity index (χ3v) is 8.38. The first-order valence-electron chi connectivity index (χ1n) is 13.5. The van der Waals surface area contributed by atoms with Gasteiger partial charge in [0.05, 0.1) is 16.9 Å². The maximum Gasteiger partial charge on any atom is 0.416 e. The zero-order valence-electron chi connectivity index (χ0n) is 23.4. The van der Waals surface area contributed by atoms with E-state index in [1.54, 1.807) is 43.5 Å². The number of aryl methyl sites for hydroxylation is 2. The highest BCUT2D eigenvalue weighted by Gasteiger charge is 2.31. The van der Waals surface area contributed by atoms with E-state index in [4.69, 9.17) is 0 Å². The predicted molar refractivity (Wildman–Crippen MR) is 157 cm³/mol. The van der Waals surface area contributed by atoms with Crippen molar-refractivity contribution >= 4 is 27.2 Å². The van der Waals surface area contributed by atoms with Crippen LogP contribution in [-0.2, 0) is 28.5 Å². The minimum absolute atomic E-state index is 0.179. The molecule has 0 amide bonds. The van der Waals surface area contributed by atoms with Crippen LogP contribution in [0.5, 0.6) is 0 Å². The van der Waals surface area contributed by atoms with E-state index < -0.39 is 27.5 Å². The molecule has 0 unspecified atom stereocenters. The van der Waals surface area contributed by atoms with E-state index in [1.807, 2.05) is 17.6 Å². The van der Waals surface area contributed by atoms with Crippen molar-refractivity contribution in [1.82, 2.24) is 19.5 Å². The number of aromatic nitrogens is 4. The summed E-state index contributed by atoms with van der Waals surface area (Å²) in [5, 5.41) is 3.37. The lowest BCUT2D eigenvalue weighted by Crippen LogP contribution is -2.18. The molecule has 0 fully saturated rings. The fourth-order valence-corrected chi connectivity index (χ4v) is 6.11. The summed E-state index contributed by atoms with van der Waals surface area (Å²) in [4.78, 5) is 17.2. The lowest BCUT2D eigenvalue weighted by atomic mass is 9.98. The molecule has 4 heterocycles. The molecule has 0 spiro atoms. The maximum absolute atomic E-state index is 14.0. The first-order valence-corrected chi connectivity index (χ1v) is 15.1. The van der Waals surface area contributed by atoms with Gasteiger partial charge in [0.2, 0.25) is 10.0 Å². The number of sulfonamides is 1. The number of pyridine rings is 2. The molecular weight excluding hydrogens is 598 g/mol. The number of nitrogens with one attached hydrogen (secondary N) is 2. The number of fused-ring (bicyclic) bond motifs is 3. The summed E-state index contributed by atoms with van der Waals surface area (Å²) in [6.07, 6.45) is -2.05. The van der Waals surface area contributed by atoms with E-state index in [-0.39, 0.29) is 22.8 Å². The van der Waals surface area contributed by atoms with Gasteiger partial charge in [-0.2, -0.15) is 18.2 Å². The molecule has 0 saturated carbocycles. The molecule has 6 rings (SSSR count). The molecule has 226 valence electrons. The van der Waals surface area contributed by atoms with Gasteiger partial charge >= 0.3 is 6.18 Å². The maximum atomic E-state index is 14.0. The van der Waals surface area contributed by atoms with Crippen LogP contribution in [0, 0.1) is 19.7 Å². The molecular formula is C30H25F4N7O2S. The molecule has 0 bridgehead atoms. The second-order valence-corrected chi connectivity index (χ2v) is 12.1. The van der Waals surface area contributed by atoms with Gasteiger partial charge in [-0.3, -0.25) is 9.71 Å². The van der Waals surface area contributed by atoms with E-state index in [2.05, 4.69) is 30.0 Å². The molecule has 0 saturated heterocycles. The molecule has 2 N–H and O–H groups in total. The second-order valence-electron chi connectivity index (χ2n) is 10.4. The summed E-state index contributed by atoms with van der Waals surface area (Å²) in [6, 6.07) is 13.1. The van der Waals surface area contributed by atoms with Crippen LogP contribution in [0.3, 0.4) is 0 Å². The van der Waals surface area contributed by atoms with Gasteiger partial charge in [0.1, 0.15) is 23.2 Å². The summed E-state index contributed by atoms with van der Waals surface area (Å²) in [7, 11) is -4.10. The molecule has 0 radical (unpaired) electrons. The van der Waals surface area contributed by atoms with Crippen LogP contribution in [-0.4, -0.2) is 34.5 Å². The molecule has 2 aromatic carbocycles. The highest BCUT2D eigenvalue weighted by molar-refractivity contribution is 7.91. The summed E-state index contributed by atoms with van der Waals surface area (Å²) in [5.74, 6) is 0.282. The molecule has 1 aromatic heterocycles. The van der Waals surface area contributed by atoms with Crippen LogP contribution < -0.4 is 15.7 Å². The Kier molecular flexibility index (Phi) is 7.32. The van der Waals surface area contributed by atoms with Crippen molar-refractivity contribution in [3.8, 4) is 22.5 Å². The average Bonchev–Trinajstić information content (AvgIpc) is 3.46. The predicted octanol–water partition coefficient (Wildman–Crippen LogP) is 5.82. The van der Waals surface area contributed by atoms with E-state index >= 15 is 0 Å². The molecule has 14 heteroatoms. The third kappa shape index (κ3) is 5.97. The van der Waals surface area contributed by atoms with Crippen molar-refractivity contribution in [2.45, 2.75) is 32.3 Å². The number of anilines is 2. The van der Waals surface area contributed by atoms with Crippen LogP contribution in [0.2, 0.25) is 0 Å². The third-order valence-electron chi connectivity index (χ3n) is 7.16. The Hall–Kier alpha value is -4.85. The molecule has 3 aliphatic heterocycles. The number of nitrogens with zero attached hydrogens (tertiary/aromatic N) is 5. The van der Waals surface area contributed by atoms with Crippen LogP contribution in [0.15, 0.2) is 72.0 Å². The van der Waals surface area contributed by atoms with Crippen molar-refractivity contribution in [2.24, 2.45) is 4.99 Å². The van der Waals surface area contributed by atoms with Crippen LogP contribution in [0.1, 0.15) is 22.4 Å². The first kappa shape index (κ1) is 29.2. The van der Waals surface area contributed by atoms with Gasteiger partial charge in [-0.25, -0.2) is 22.8 Å². The monoisotopic (exact) mass is 623 g/mol. The fraction of sp³-hybridized carbons (Fsp3) is 0.200. The van der Waals surface area contributed by atoms with Crippen LogP contribution in [0.4, 0.5) is 34.8 Å². The highest BCUT2D eigenvalue weighted by atomic mass is 32.2. The van der Waals surface area contributed by atoms with Crippen molar-refractivity contribution in [3.05, 3.63) is 101 Å². The zero-order valence-corrected chi connectivity index (χ0v) is 24.3. The Morgan fingerprint density at radius 2 is 1.80 bits per heavy atom. The number of rotatable bonds is 6. The largest absolute Gasteiger partial charge is 0.416 e. The summed E-state index contributed by atoms with van der Waals surface area (Å²) < 4.78 is 83.6. The van der Waals surface area contributed by atoms with Crippen LogP contribution in [0.25, 0.3) is 22.5 Å². The lowest BCUT2D eigenvalue weighted by molar-refractivity contribution is -0.137. The number of alkyl halides is 3.